The topological polar surface area (TPSA) is 67.4 Å². The van der Waals surface area contributed by atoms with Gasteiger partial charge in [-0.25, -0.2) is 5.48 Å². The number of rotatable bonds is 5. The van der Waals surface area contributed by atoms with E-state index in [4.69, 9.17) is 0 Å². The second kappa shape index (κ2) is 6.42. The highest BCUT2D eigenvalue weighted by Crippen LogP contribution is 1.97. The number of carbonyl (C=O) groups is 2. The van der Waals surface area contributed by atoms with Gasteiger partial charge in [0.15, 0.2) is 6.61 Å². The van der Waals surface area contributed by atoms with Crippen molar-refractivity contribution in [3.05, 3.63) is 0 Å². The predicted molar refractivity (Wildman–Crippen MR) is 47.6 cm³/mol. The Balaban J connectivity index is 3.42. The van der Waals surface area contributed by atoms with Crippen LogP contribution >= 0.6 is 0 Å². The molecule has 0 aromatic heterocycles. The van der Waals surface area contributed by atoms with E-state index in [9.17, 15) is 9.59 Å². The number of amides is 2. The summed E-state index contributed by atoms with van der Waals surface area (Å²) in [5.41, 5.74) is 2.18. The van der Waals surface area contributed by atoms with Gasteiger partial charge in [-0.05, 0) is 5.92 Å². The minimum Gasteiger partial charge on any atom is -0.357 e. The van der Waals surface area contributed by atoms with Crippen molar-refractivity contribution in [2.24, 2.45) is 5.92 Å². The molecule has 0 aliphatic rings. The average Bonchev–Trinajstić information content (AvgIpc) is 2.02. The lowest BCUT2D eigenvalue weighted by Crippen LogP contribution is -2.31. The van der Waals surface area contributed by atoms with Crippen molar-refractivity contribution < 1.29 is 14.4 Å². The van der Waals surface area contributed by atoms with Gasteiger partial charge >= 0.3 is 0 Å². The van der Waals surface area contributed by atoms with E-state index in [0.717, 1.165) is 0 Å². The molecule has 0 atom stereocenters. The van der Waals surface area contributed by atoms with Crippen molar-refractivity contribution in [3.63, 3.8) is 0 Å². The number of hydrogen-bond acceptors (Lipinski definition) is 3. The molecule has 0 fully saturated rings. The summed E-state index contributed by atoms with van der Waals surface area (Å²) < 4.78 is 0. The number of hydroxylamine groups is 1. The van der Waals surface area contributed by atoms with Gasteiger partial charge in [0.25, 0.3) is 0 Å². The van der Waals surface area contributed by atoms with Crippen LogP contribution in [-0.4, -0.2) is 25.5 Å². The van der Waals surface area contributed by atoms with E-state index in [1.807, 2.05) is 13.8 Å². The molecule has 0 heterocycles. The van der Waals surface area contributed by atoms with Gasteiger partial charge in [-0.15, -0.1) is 0 Å². The van der Waals surface area contributed by atoms with Gasteiger partial charge in [-0.2, -0.15) is 0 Å². The van der Waals surface area contributed by atoms with Crippen molar-refractivity contribution in [2.45, 2.75) is 20.3 Å². The van der Waals surface area contributed by atoms with Crippen LogP contribution in [0.25, 0.3) is 0 Å². The molecule has 5 nitrogen and oxygen atoms in total. The molecule has 0 aliphatic carbocycles. The number of carbonyl (C=O) groups excluding carboxylic acids is 2. The van der Waals surface area contributed by atoms with Gasteiger partial charge in [0.1, 0.15) is 0 Å². The van der Waals surface area contributed by atoms with Crippen LogP contribution in [0.4, 0.5) is 0 Å². The van der Waals surface area contributed by atoms with Crippen molar-refractivity contribution in [2.75, 3.05) is 13.7 Å². The van der Waals surface area contributed by atoms with E-state index in [1.165, 1.54) is 7.05 Å². The Morgan fingerprint density at radius 3 is 2.38 bits per heavy atom. The van der Waals surface area contributed by atoms with Crippen LogP contribution in [0.1, 0.15) is 20.3 Å². The Kier molecular flexibility index (Phi) is 5.88. The quantitative estimate of drug-likeness (QED) is 0.588. The van der Waals surface area contributed by atoms with Crippen LogP contribution in [0, 0.1) is 5.92 Å². The Morgan fingerprint density at radius 2 is 1.92 bits per heavy atom. The van der Waals surface area contributed by atoms with Crippen LogP contribution in [0.15, 0.2) is 0 Å². The predicted octanol–water partition coefficient (Wildman–Crippen LogP) is -0.174. The molecule has 0 saturated carbocycles. The molecule has 13 heavy (non-hydrogen) atoms. The van der Waals surface area contributed by atoms with Crippen LogP contribution in [0.3, 0.4) is 0 Å². The first-order chi connectivity index (χ1) is 6.06. The zero-order valence-corrected chi connectivity index (χ0v) is 8.22. The van der Waals surface area contributed by atoms with Gasteiger partial charge < -0.3 is 5.32 Å². The van der Waals surface area contributed by atoms with E-state index in [2.05, 4.69) is 15.6 Å². The van der Waals surface area contributed by atoms with Gasteiger partial charge in [0.05, 0.1) is 0 Å². The molecule has 76 valence electrons. The third-order valence-corrected chi connectivity index (χ3v) is 1.26. The molecule has 0 spiro atoms. The lowest BCUT2D eigenvalue weighted by molar-refractivity contribution is -0.139. The summed E-state index contributed by atoms with van der Waals surface area (Å²) in [6.45, 7) is 3.71. The molecule has 2 amide bonds. The molecule has 0 unspecified atom stereocenters. The van der Waals surface area contributed by atoms with Crippen molar-refractivity contribution in [1.82, 2.24) is 10.8 Å². The highest BCUT2D eigenvalue weighted by molar-refractivity contribution is 5.78. The highest BCUT2D eigenvalue weighted by Gasteiger charge is 2.05. The van der Waals surface area contributed by atoms with E-state index in [1.54, 1.807) is 0 Å². The molecule has 0 radical (unpaired) electrons. The number of likely N-dealkylation sites (N-methyl/N-ethyl adjacent to an activating group) is 1. The van der Waals surface area contributed by atoms with E-state index < -0.39 is 0 Å². The molecule has 2 N–H and O–H groups in total. The second-order valence-electron chi connectivity index (χ2n) is 3.09. The maximum atomic E-state index is 11.0. The van der Waals surface area contributed by atoms with Gasteiger partial charge in [-0.3, -0.25) is 14.4 Å². The lowest BCUT2D eigenvalue weighted by atomic mass is 10.1. The third-order valence-electron chi connectivity index (χ3n) is 1.26. The van der Waals surface area contributed by atoms with Crippen molar-refractivity contribution >= 4 is 11.8 Å². The monoisotopic (exact) mass is 188 g/mol. The molecule has 0 aliphatic heterocycles. The summed E-state index contributed by atoms with van der Waals surface area (Å²) in [5.74, 6) is -0.202. The summed E-state index contributed by atoms with van der Waals surface area (Å²) in [7, 11) is 1.50. The summed E-state index contributed by atoms with van der Waals surface area (Å²) in [5, 5.41) is 2.36. The van der Waals surface area contributed by atoms with Crippen LogP contribution < -0.4 is 10.8 Å². The highest BCUT2D eigenvalue weighted by atomic mass is 16.7. The summed E-state index contributed by atoms with van der Waals surface area (Å²) in [6, 6.07) is 0. The Labute approximate surface area is 77.8 Å². The molecular formula is C8H16N2O3. The van der Waals surface area contributed by atoms with E-state index >= 15 is 0 Å². The van der Waals surface area contributed by atoms with Crippen molar-refractivity contribution in [3.8, 4) is 0 Å². The first kappa shape index (κ1) is 11.9. The summed E-state index contributed by atoms with van der Waals surface area (Å²) >= 11 is 0. The standard InChI is InChI=1S/C8H16N2O3/c1-6(2)4-7(11)10-13-5-8(12)9-3/h6H,4-5H2,1-3H3,(H,9,12)(H,10,11). The fourth-order valence-electron chi connectivity index (χ4n) is 0.667. The minimum absolute atomic E-state index is 0.152. The van der Waals surface area contributed by atoms with Crippen LogP contribution in [0.5, 0.6) is 0 Å². The van der Waals surface area contributed by atoms with Gasteiger partial charge in [-0.1, -0.05) is 13.8 Å². The first-order valence-electron chi connectivity index (χ1n) is 4.17. The largest absolute Gasteiger partial charge is 0.357 e. The number of hydrogen-bond donors (Lipinski definition) is 2. The molecule has 0 saturated heterocycles. The molecule has 0 aromatic carbocycles. The van der Waals surface area contributed by atoms with E-state index in [-0.39, 0.29) is 24.3 Å². The third kappa shape index (κ3) is 7.27. The molecular weight excluding hydrogens is 172 g/mol. The summed E-state index contributed by atoms with van der Waals surface area (Å²) in [6.07, 6.45) is 0.397. The maximum absolute atomic E-state index is 11.0. The smallest absolute Gasteiger partial charge is 0.248 e. The first-order valence-corrected chi connectivity index (χ1v) is 4.17. The lowest BCUT2D eigenvalue weighted by Gasteiger charge is -2.06. The molecule has 0 aromatic rings. The Bertz CT molecular complexity index is 180. The Hall–Kier alpha value is -1.10. The summed E-state index contributed by atoms with van der Waals surface area (Å²) in [4.78, 5) is 26.2. The molecule has 0 rings (SSSR count). The minimum atomic E-state index is -0.273. The molecule has 5 heteroatoms. The van der Waals surface area contributed by atoms with Gasteiger partial charge in [0.2, 0.25) is 11.8 Å². The maximum Gasteiger partial charge on any atom is 0.248 e. The normalized spacial score (nSPS) is 9.85. The van der Waals surface area contributed by atoms with Crippen LogP contribution in [-0.2, 0) is 14.4 Å². The molecule has 0 bridgehead atoms. The fraction of sp³-hybridized carbons (Fsp3) is 0.750. The fourth-order valence-corrected chi connectivity index (χ4v) is 0.667. The van der Waals surface area contributed by atoms with Crippen LogP contribution in [0.2, 0.25) is 0 Å². The average molecular weight is 188 g/mol. The van der Waals surface area contributed by atoms with E-state index in [0.29, 0.717) is 6.42 Å². The number of nitrogens with one attached hydrogen (secondary N) is 2. The van der Waals surface area contributed by atoms with Gasteiger partial charge in [0, 0.05) is 13.5 Å². The SMILES string of the molecule is CNC(=O)CONC(=O)CC(C)C. The van der Waals surface area contributed by atoms with Crippen molar-refractivity contribution in [1.29, 1.82) is 0 Å². The zero-order chi connectivity index (χ0) is 10.3. The Morgan fingerprint density at radius 1 is 1.31 bits per heavy atom. The zero-order valence-electron chi connectivity index (χ0n) is 8.22. The second-order valence-corrected chi connectivity index (χ2v) is 3.09.